The first-order valence-electron chi connectivity index (χ1n) is 6.14. The Hall–Kier alpha value is -2.41. The summed E-state index contributed by atoms with van der Waals surface area (Å²) in [6, 6.07) is 7.69. The zero-order valence-electron chi connectivity index (χ0n) is 11.2. The number of nitrogens with one attached hydrogen (secondary N) is 1. The fourth-order valence-corrected chi connectivity index (χ4v) is 2.22. The number of rotatable bonds is 5. The van der Waals surface area contributed by atoms with Crippen LogP contribution in [-0.4, -0.2) is 32.2 Å². The van der Waals surface area contributed by atoms with E-state index in [1.165, 1.54) is 23.9 Å². The number of aromatic carboxylic acids is 1. The zero-order chi connectivity index (χ0) is 15.2. The summed E-state index contributed by atoms with van der Waals surface area (Å²) >= 11 is 1.25. The molecule has 0 aliphatic carbocycles. The number of carbonyl (C=O) groups excluding carboxylic acids is 1. The lowest BCUT2D eigenvalue weighted by Gasteiger charge is -2.11. The van der Waals surface area contributed by atoms with Gasteiger partial charge >= 0.3 is 5.97 Å². The van der Waals surface area contributed by atoms with Gasteiger partial charge in [0.05, 0.1) is 10.8 Å². The number of carbonyl (C=O) groups is 2. The summed E-state index contributed by atoms with van der Waals surface area (Å²) in [6.07, 6.45) is 3.23. The SMILES string of the molecule is CC(Sc1ncccn1)C(=O)Nc1ccc(C(=O)O)cc1. The molecule has 0 fully saturated rings. The summed E-state index contributed by atoms with van der Waals surface area (Å²) in [5.74, 6) is -1.20. The number of carboxylic acids is 1. The molecule has 1 aromatic heterocycles. The summed E-state index contributed by atoms with van der Waals surface area (Å²) in [4.78, 5) is 30.9. The molecule has 2 N–H and O–H groups in total. The molecule has 1 amide bonds. The minimum atomic E-state index is -1.00. The van der Waals surface area contributed by atoms with E-state index in [1.54, 1.807) is 37.5 Å². The number of aromatic nitrogens is 2. The average molecular weight is 303 g/mol. The van der Waals surface area contributed by atoms with Crippen LogP contribution in [-0.2, 0) is 4.79 Å². The molecule has 2 aromatic rings. The number of hydrogen-bond donors (Lipinski definition) is 2. The van der Waals surface area contributed by atoms with Crippen LogP contribution < -0.4 is 5.32 Å². The molecule has 1 unspecified atom stereocenters. The number of nitrogens with zero attached hydrogens (tertiary/aromatic N) is 2. The van der Waals surface area contributed by atoms with Crippen molar-refractivity contribution in [2.75, 3.05) is 5.32 Å². The third-order valence-corrected chi connectivity index (χ3v) is 3.58. The Bertz CT molecular complexity index is 632. The molecule has 0 spiro atoms. The molecule has 21 heavy (non-hydrogen) atoms. The van der Waals surface area contributed by atoms with Gasteiger partial charge in [0.15, 0.2) is 5.16 Å². The molecular formula is C14H13N3O3S. The van der Waals surface area contributed by atoms with Crippen molar-refractivity contribution < 1.29 is 14.7 Å². The lowest BCUT2D eigenvalue weighted by Crippen LogP contribution is -2.22. The smallest absolute Gasteiger partial charge is 0.335 e. The highest BCUT2D eigenvalue weighted by molar-refractivity contribution is 8.00. The van der Waals surface area contributed by atoms with Crippen LogP contribution in [0.2, 0.25) is 0 Å². The van der Waals surface area contributed by atoms with Crippen LogP contribution in [0.1, 0.15) is 17.3 Å². The highest BCUT2D eigenvalue weighted by Crippen LogP contribution is 2.20. The van der Waals surface area contributed by atoms with Crippen molar-refractivity contribution >= 4 is 29.3 Å². The van der Waals surface area contributed by atoms with Gasteiger partial charge in [0.1, 0.15) is 0 Å². The fraction of sp³-hybridized carbons (Fsp3) is 0.143. The molecule has 6 nitrogen and oxygen atoms in total. The Morgan fingerprint density at radius 3 is 2.38 bits per heavy atom. The van der Waals surface area contributed by atoms with Gasteiger partial charge in [0.25, 0.3) is 0 Å². The minimum Gasteiger partial charge on any atom is -0.478 e. The van der Waals surface area contributed by atoms with E-state index in [2.05, 4.69) is 15.3 Å². The van der Waals surface area contributed by atoms with Gasteiger partial charge in [-0.1, -0.05) is 11.8 Å². The molecule has 1 atom stereocenters. The maximum absolute atomic E-state index is 12.0. The maximum Gasteiger partial charge on any atom is 0.335 e. The molecule has 2 rings (SSSR count). The highest BCUT2D eigenvalue weighted by atomic mass is 32.2. The van der Waals surface area contributed by atoms with E-state index in [-0.39, 0.29) is 16.7 Å². The molecule has 0 aliphatic rings. The van der Waals surface area contributed by atoms with E-state index >= 15 is 0 Å². The Kier molecular flexibility index (Phi) is 4.89. The van der Waals surface area contributed by atoms with E-state index in [4.69, 9.17) is 5.11 Å². The van der Waals surface area contributed by atoms with Crippen molar-refractivity contribution in [2.45, 2.75) is 17.3 Å². The molecule has 7 heteroatoms. The van der Waals surface area contributed by atoms with Crippen molar-refractivity contribution in [3.05, 3.63) is 48.3 Å². The monoisotopic (exact) mass is 303 g/mol. The number of benzene rings is 1. The Morgan fingerprint density at radius 1 is 1.19 bits per heavy atom. The van der Waals surface area contributed by atoms with Crippen molar-refractivity contribution in [3.63, 3.8) is 0 Å². The predicted octanol–water partition coefficient (Wildman–Crippen LogP) is 2.29. The Morgan fingerprint density at radius 2 is 1.81 bits per heavy atom. The van der Waals surface area contributed by atoms with Crippen LogP contribution in [0.25, 0.3) is 0 Å². The molecule has 0 radical (unpaired) electrons. The molecule has 0 aliphatic heterocycles. The standard InChI is InChI=1S/C14H13N3O3S/c1-9(21-14-15-7-2-8-16-14)12(18)17-11-5-3-10(4-6-11)13(19)20/h2-9H,1H3,(H,17,18)(H,19,20). The molecule has 0 bridgehead atoms. The Balaban J connectivity index is 1.95. The van der Waals surface area contributed by atoms with E-state index in [9.17, 15) is 9.59 Å². The number of hydrogen-bond acceptors (Lipinski definition) is 5. The maximum atomic E-state index is 12.0. The van der Waals surface area contributed by atoms with Gasteiger partial charge in [0.2, 0.25) is 5.91 Å². The first-order valence-corrected chi connectivity index (χ1v) is 7.02. The fourth-order valence-electron chi connectivity index (χ4n) is 1.50. The lowest BCUT2D eigenvalue weighted by atomic mass is 10.2. The van der Waals surface area contributed by atoms with Crippen LogP contribution in [0.15, 0.2) is 47.9 Å². The molecule has 0 saturated carbocycles. The van der Waals surface area contributed by atoms with Crippen LogP contribution in [0, 0.1) is 0 Å². The summed E-state index contributed by atoms with van der Waals surface area (Å²) in [5, 5.41) is 11.7. The highest BCUT2D eigenvalue weighted by Gasteiger charge is 2.16. The number of carboxylic acid groups (broad SMARTS) is 1. The minimum absolute atomic E-state index is 0.174. The van der Waals surface area contributed by atoms with Gasteiger partial charge in [-0.15, -0.1) is 0 Å². The largest absolute Gasteiger partial charge is 0.478 e. The number of thioether (sulfide) groups is 1. The third-order valence-electron chi connectivity index (χ3n) is 2.59. The van der Waals surface area contributed by atoms with E-state index in [0.29, 0.717) is 10.8 Å². The van der Waals surface area contributed by atoms with E-state index in [0.717, 1.165) is 0 Å². The predicted molar refractivity (Wildman–Crippen MR) is 79.4 cm³/mol. The van der Waals surface area contributed by atoms with Crippen LogP contribution in [0.4, 0.5) is 5.69 Å². The average Bonchev–Trinajstić information content (AvgIpc) is 2.48. The first-order chi connectivity index (χ1) is 10.1. The van der Waals surface area contributed by atoms with E-state index < -0.39 is 5.97 Å². The van der Waals surface area contributed by atoms with Crippen LogP contribution in [0.3, 0.4) is 0 Å². The summed E-state index contributed by atoms with van der Waals surface area (Å²) in [6.45, 7) is 1.75. The quantitative estimate of drug-likeness (QED) is 0.650. The van der Waals surface area contributed by atoms with Crippen molar-refractivity contribution in [3.8, 4) is 0 Å². The topological polar surface area (TPSA) is 92.2 Å². The van der Waals surface area contributed by atoms with Crippen molar-refractivity contribution in [1.82, 2.24) is 9.97 Å². The van der Waals surface area contributed by atoms with Gasteiger partial charge in [-0.05, 0) is 37.3 Å². The number of amides is 1. The van der Waals surface area contributed by atoms with Crippen molar-refractivity contribution in [2.24, 2.45) is 0 Å². The van der Waals surface area contributed by atoms with Gasteiger partial charge < -0.3 is 10.4 Å². The lowest BCUT2D eigenvalue weighted by molar-refractivity contribution is -0.115. The third kappa shape index (κ3) is 4.28. The molecular weight excluding hydrogens is 290 g/mol. The number of anilines is 1. The molecule has 0 saturated heterocycles. The van der Waals surface area contributed by atoms with Gasteiger partial charge in [-0.25, -0.2) is 14.8 Å². The summed E-state index contributed by atoms with van der Waals surface area (Å²) in [7, 11) is 0. The van der Waals surface area contributed by atoms with Gasteiger partial charge in [0, 0.05) is 18.1 Å². The molecule has 108 valence electrons. The molecule has 1 aromatic carbocycles. The first kappa shape index (κ1) is 15.0. The van der Waals surface area contributed by atoms with Gasteiger partial charge in [-0.2, -0.15) is 0 Å². The second kappa shape index (κ2) is 6.85. The zero-order valence-corrected chi connectivity index (χ0v) is 12.0. The van der Waals surface area contributed by atoms with Crippen LogP contribution >= 0.6 is 11.8 Å². The second-order valence-electron chi connectivity index (χ2n) is 4.16. The van der Waals surface area contributed by atoms with Crippen LogP contribution in [0.5, 0.6) is 0 Å². The summed E-state index contributed by atoms with van der Waals surface area (Å²) in [5.41, 5.74) is 0.722. The van der Waals surface area contributed by atoms with E-state index in [1.807, 2.05) is 0 Å². The van der Waals surface area contributed by atoms with Gasteiger partial charge in [-0.3, -0.25) is 4.79 Å². The summed E-state index contributed by atoms with van der Waals surface area (Å²) < 4.78 is 0. The normalized spacial score (nSPS) is 11.7. The molecule has 1 heterocycles. The van der Waals surface area contributed by atoms with Crippen molar-refractivity contribution in [1.29, 1.82) is 0 Å². The second-order valence-corrected chi connectivity index (χ2v) is 5.47. The Labute approximate surface area is 125 Å².